The van der Waals surface area contributed by atoms with Gasteiger partial charge in [0.2, 0.25) is 10.0 Å². The summed E-state index contributed by atoms with van der Waals surface area (Å²) in [4.78, 5) is 16.6. The molecule has 0 fully saturated rings. The summed E-state index contributed by atoms with van der Waals surface area (Å²) in [6.45, 7) is 0.500. The number of benzene rings is 1. The molecule has 0 spiro atoms. The molecule has 0 unspecified atom stereocenters. The lowest BCUT2D eigenvalue weighted by Gasteiger charge is -2.15. The van der Waals surface area contributed by atoms with Crippen molar-refractivity contribution in [1.82, 2.24) is 19.3 Å². The van der Waals surface area contributed by atoms with Crippen molar-refractivity contribution in [2.24, 2.45) is 0 Å². The number of fused-ring (bicyclic) bond motifs is 1. The van der Waals surface area contributed by atoms with E-state index >= 15 is 0 Å². The molecule has 11 nitrogen and oxygen atoms in total. The third-order valence-corrected chi connectivity index (χ3v) is 8.68. The molecule has 3 N–H and O–H groups in total. The summed E-state index contributed by atoms with van der Waals surface area (Å²) in [6.07, 6.45) is -10.4. The number of aromatic nitrogens is 3. The molecule has 0 aliphatic rings. The van der Waals surface area contributed by atoms with Crippen molar-refractivity contribution in [3.8, 4) is 22.8 Å². The van der Waals surface area contributed by atoms with Crippen LogP contribution in [0.4, 0.5) is 36.8 Å². The number of aliphatic hydroxyl groups excluding tert-OH is 1. The number of hydrogen-bond acceptors (Lipinski definition) is 9. The molecule has 43 heavy (non-hydrogen) atoms. The van der Waals surface area contributed by atoms with Crippen molar-refractivity contribution >= 4 is 50.4 Å². The number of thiophene rings is 1. The highest BCUT2D eigenvalue weighted by Crippen LogP contribution is 2.40. The summed E-state index contributed by atoms with van der Waals surface area (Å²) in [5.74, 6) is -1.21. The molecule has 0 aliphatic carbocycles. The SMILES string of the molecule is CCOc1cc(-c2cc(C(F)(F)F)n3ncc(OC(=O)Nc4cc(S(=O)(=O)NCCO)sc4Cl)c3n2)ccc1C(F)(F)F. The second-order valence-corrected chi connectivity index (χ2v) is 11.9. The lowest BCUT2D eigenvalue weighted by molar-refractivity contribution is -0.142. The number of alkyl halides is 6. The molecule has 4 aromatic rings. The van der Waals surface area contributed by atoms with Crippen LogP contribution in [0.3, 0.4) is 0 Å². The van der Waals surface area contributed by atoms with E-state index in [1.807, 2.05) is 0 Å². The van der Waals surface area contributed by atoms with Crippen LogP contribution >= 0.6 is 22.9 Å². The average Bonchev–Trinajstić information content (AvgIpc) is 3.49. The highest BCUT2D eigenvalue weighted by Gasteiger charge is 2.37. The van der Waals surface area contributed by atoms with Gasteiger partial charge in [0.15, 0.2) is 17.1 Å². The van der Waals surface area contributed by atoms with E-state index in [0.717, 1.165) is 24.4 Å². The maximum atomic E-state index is 14.0. The standard InChI is InChI=1S/C23H18ClF6N5O6S2/c1-2-40-15-7-11(3-4-12(15)22(25,26)27)13-8-17(23(28,29)30)35-20(33-13)16(10-31-35)41-21(37)34-14-9-18(42-19(14)24)43(38,39)32-5-6-36/h3-4,7-10,32,36H,2,5-6H2,1H3,(H,34,37). The molecule has 0 bridgehead atoms. The fourth-order valence-electron chi connectivity index (χ4n) is 3.61. The Morgan fingerprint density at radius 1 is 1.12 bits per heavy atom. The minimum Gasteiger partial charge on any atom is -0.493 e. The fraction of sp³-hybridized carbons (Fsp3) is 0.261. The van der Waals surface area contributed by atoms with Gasteiger partial charge in [0, 0.05) is 12.1 Å². The number of anilines is 1. The van der Waals surface area contributed by atoms with Gasteiger partial charge < -0.3 is 14.6 Å². The minimum absolute atomic E-state index is 0.163. The number of hydrogen-bond donors (Lipinski definition) is 3. The summed E-state index contributed by atoms with van der Waals surface area (Å²) in [5, 5.41) is 14.6. The van der Waals surface area contributed by atoms with Crippen LogP contribution in [0.5, 0.6) is 11.5 Å². The molecular formula is C23H18ClF6N5O6S2. The third-order valence-electron chi connectivity index (χ3n) is 5.38. The van der Waals surface area contributed by atoms with Crippen LogP contribution in [0.2, 0.25) is 4.34 Å². The molecule has 4 rings (SSSR count). The minimum atomic E-state index is -5.02. The van der Waals surface area contributed by atoms with E-state index in [1.165, 1.54) is 6.92 Å². The third kappa shape index (κ3) is 7.12. The van der Waals surface area contributed by atoms with Gasteiger partial charge >= 0.3 is 18.4 Å². The van der Waals surface area contributed by atoms with Crippen LogP contribution in [0, 0.1) is 0 Å². The zero-order valence-electron chi connectivity index (χ0n) is 21.4. The summed E-state index contributed by atoms with van der Waals surface area (Å²) in [7, 11) is -4.08. The summed E-state index contributed by atoms with van der Waals surface area (Å²) < 4.78 is 119. The number of rotatable bonds is 9. The van der Waals surface area contributed by atoms with Crippen molar-refractivity contribution in [2.45, 2.75) is 23.5 Å². The van der Waals surface area contributed by atoms with Crippen LogP contribution in [0.25, 0.3) is 16.9 Å². The summed E-state index contributed by atoms with van der Waals surface area (Å²) >= 11 is 6.58. The van der Waals surface area contributed by atoms with Gasteiger partial charge in [-0.25, -0.2) is 27.4 Å². The Labute approximate surface area is 247 Å². The number of halogens is 7. The molecule has 0 radical (unpaired) electrons. The predicted octanol–water partition coefficient (Wildman–Crippen LogP) is 5.43. The van der Waals surface area contributed by atoms with Crippen molar-refractivity contribution in [3.05, 3.63) is 52.1 Å². The molecule has 20 heteroatoms. The normalized spacial score (nSPS) is 12.5. The topological polar surface area (TPSA) is 144 Å². The molecule has 0 saturated carbocycles. The maximum Gasteiger partial charge on any atom is 0.433 e. The Bertz CT molecular complexity index is 1770. The number of carbonyl (C=O) groups excluding carboxylic acids is 1. The van der Waals surface area contributed by atoms with E-state index in [1.54, 1.807) is 0 Å². The van der Waals surface area contributed by atoms with Crippen LogP contribution in [0.15, 0.2) is 40.7 Å². The zero-order chi connectivity index (χ0) is 31.7. The summed E-state index contributed by atoms with van der Waals surface area (Å²) in [5.41, 5.74) is -3.97. The molecule has 0 atom stereocenters. The molecule has 3 aromatic heterocycles. The van der Waals surface area contributed by atoms with E-state index < -0.39 is 69.2 Å². The first kappa shape index (κ1) is 32.3. The number of carbonyl (C=O) groups is 1. The number of aliphatic hydroxyl groups is 1. The van der Waals surface area contributed by atoms with Crippen LogP contribution < -0.4 is 19.5 Å². The van der Waals surface area contributed by atoms with E-state index in [9.17, 15) is 39.6 Å². The second-order valence-electron chi connectivity index (χ2n) is 8.30. The van der Waals surface area contributed by atoms with Gasteiger partial charge in [0.1, 0.15) is 14.3 Å². The van der Waals surface area contributed by atoms with E-state index in [4.69, 9.17) is 26.2 Å². The van der Waals surface area contributed by atoms with E-state index in [0.29, 0.717) is 28.0 Å². The quantitative estimate of drug-likeness (QED) is 0.200. The Balaban J connectivity index is 1.70. The highest BCUT2D eigenvalue weighted by atomic mass is 35.5. The zero-order valence-corrected chi connectivity index (χ0v) is 23.8. The van der Waals surface area contributed by atoms with E-state index in [2.05, 4.69) is 20.1 Å². The monoisotopic (exact) mass is 673 g/mol. The molecule has 0 aliphatic heterocycles. The van der Waals surface area contributed by atoms with Gasteiger partial charge in [-0.1, -0.05) is 17.7 Å². The van der Waals surface area contributed by atoms with Crippen LogP contribution in [-0.2, 0) is 22.4 Å². The van der Waals surface area contributed by atoms with Crippen molar-refractivity contribution in [2.75, 3.05) is 25.1 Å². The number of sulfonamides is 1. The first-order chi connectivity index (χ1) is 20.0. The summed E-state index contributed by atoms with van der Waals surface area (Å²) in [6, 6.07) is 3.98. The Morgan fingerprint density at radius 2 is 1.84 bits per heavy atom. The van der Waals surface area contributed by atoms with Crippen LogP contribution in [-0.4, -0.2) is 54.0 Å². The number of ether oxygens (including phenoxy) is 2. The Kier molecular flexibility index (Phi) is 9.12. The largest absolute Gasteiger partial charge is 0.493 e. The van der Waals surface area contributed by atoms with Crippen molar-refractivity contribution in [1.29, 1.82) is 0 Å². The lowest BCUT2D eigenvalue weighted by Crippen LogP contribution is -2.25. The van der Waals surface area contributed by atoms with Gasteiger partial charge in [0.05, 0.1) is 36.4 Å². The first-order valence-corrected chi connectivity index (χ1v) is 14.4. The Hall–Kier alpha value is -3.65. The fourth-order valence-corrected chi connectivity index (χ4v) is 6.31. The van der Waals surface area contributed by atoms with Gasteiger partial charge in [-0.3, -0.25) is 5.32 Å². The van der Waals surface area contributed by atoms with Gasteiger partial charge in [-0.2, -0.15) is 31.4 Å². The van der Waals surface area contributed by atoms with Crippen molar-refractivity contribution in [3.63, 3.8) is 0 Å². The van der Waals surface area contributed by atoms with E-state index in [-0.39, 0.29) is 32.9 Å². The molecule has 0 saturated heterocycles. The molecular weight excluding hydrogens is 656 g/mol. The maximum absolute atomic E-state index is 14.0. The van der Waals surface area contributed by atoms with Crippen LogP contribution in [0.1, 0.15) is 18.2 Å². The lowest BCUT2D eigenvalue weighted by atomic mass is 10.1. The smallest absolute Gasteiger partial charge is 0.433 e. The average molecular weight is 674 g/mol. The number of amides is 1. The van der Waals surface area contributed by atoms with Gasteiger partial charge in [-0.15, -0.1) is 11.3 Å². The van der Waals surface area contributed by atoms with Gasteiger partial charge in [-0.05, 0) is 31.2 Å². The molecule has 1 aromatic carbocycles. The first-order valence-electron chi connectivity index (χ1n) is 11.7. The highest BCUT2D eigenvalue weighted by molar-refractivity contribution is 7.91. The molecule has 1 amide bonds. The van der Waals surface area contributed by atoms with Gasteiger partial charge in [0.25, 0.3) is 0 Å². The number of nitrogens with zero attached hydrogens (tertiary/aromatic N) is 3. The molecule has 232 valence electrons. The number of nitrogens with one attached hydrogen (secondary N) is 2. The Morgan fingerprint density at radius 3 is 2.47 bits per heavy atom. The second kappa shape index (κ2) is 12.2. The van der Waals surface area contributed by atoms with Crippen molar-refractivity contribution < 1.29 is 54.1 Å². The predicted molar refractivity (Wildman–Crippen MR) is 141 cm³/mol. The molecule has 3 heterocycles.